The maximum absolute atomic E-state index is 13.1. The number of carboxylic acids is 1. The predicted octanol–water partition coefficient (Wildman–Crippen LogP) is 2.55. The Labute approximate surface area is 173 Å². The van der Waals surface area contributed by atoms with Gasteiger partial charge in [0.2, 0.25) is 0 Å². The quantitative estimate of drug-likeness (QED) is 0.556. The van der Waals surface area contributed by atoms with E-state index in [0.29, 0.717) is 17.9 Å². The standard InChI is InChI=1S/C20H17NO6S2/c1-26-9-4-2-3-6-10-11-7-5-8(15(11)28-17-16(10)29-20(25)21-17)12(18(22)23)13(7)19(24)27-14(6)9/h2-4,7-8,10-13,15H,5H2,1H3,(H,21,25)(H,22,23)/t7-,8+,10-,11-,12+,13+,15-/m0/s1. The molecule has 9 heteroatoms. The lowest BCUT2D eigenvalue weighted by atomic mass is 9.66. The summed E-state index contributed by atoms with van der Waals surface area (Å²) in [5.74, 6) is -2.28. The number of hydrogen-bond donors (Lipinski definition) is 2. The molecule has 0 amide bonds. The molecule has 2 N–H and O–H groups in total. The van der Waals surface area contributed by atoms with Crippen molar-refractivity contribution in [3.05, 3.63) is 38.3 Å². The van der Waals surface area contributed by atoms with Gasteiger partial charge in [-0.05, 0) is 30.2 Å². The number of H-pyrrole nitrogens is 1. The van der Waals surface area contributed by atoms with Crippen molar-refractivity contribution in [2.24, 2.45) is 29.6 Å². The predicted molar refractivity (Wildman–Crippen MR) is 105 cm³/mol. The first kappa shape index (κ1) is 17.6. The largest absolute Gasteiger partial charge is 0.493 e. The number of thioether (sulfide) groups is 1. The third-order valence-electron chi connectivity index (χ3n) is 7.04. The van der Waals surface area contributed by atoms with Crippen molar-refractivity contribution in [2.45, 2.75) is 22.6 Å². The number of ether oxygens (including phenoxy) is 2. The first-order chi connectivity index (χ1) is 14.0. The number of thiazole rings is 1. The molecule has 2 aliphatic heterocycles. The number of methoxy groups -OCH3 is 1. The van der Waals surface area contributed by atoms with Gasteiger partial charge < -0.3 is 19.6 Å². The van der Waals surface area contributed by atoms with Crippen LogP contribution in [0, 0.1) is 29.6 Å². The molecular weight excluding hydrogens is 414 g/mol. The Balaban J connectivity index is 1.65. The molecule has 4 aliphatic rings. The molecule has 2 aliphatic carbocycles. The first-order valence-electron chi connectivity index (χ1n) is 9.50. The Hall–Kier alpha value is -2.26. The first-order valence-corrected chi connectivity index (χ1v) is 11.2. The van der Waals surface area contributed by atoms with Crippen molar-refractivity contribution in [3.63, 3.8) is 0 Å². The van der Waals surface area contributed by atoms with Crippen LogP contribution in [0.25, 0.3) is 0 Å². The molecule has 7 nitrogen and oxygen atoms in total. The van der Waals surface area contributed by atoms with E-state index in [2.05, 4.69) is 4.98 Å². The van der Waals surface area contributed by atoms with Crippen LogP contribution < -0.4 is 14.3 Å². The smallest absolute Gasteiger partial charge is 0.315 e. The van der Waals surface area contributed by atoms with Gasteiger partial charge in [-0.1, -0.05) is 23.5 Å². The zero-order valence-corrected chi connectivity index (χ0v) is 16.9. The molecule has 6 rings (SSSR count). The van der Waals surface area contributed by atoms with Crippen molar-refractivity contribution in [2.75, 3.05) is 7.11 Å². The van der Waals surface area contributed by atoms with Crippen molar-refractivity contribution < 1.29 is 24.2 Å². The monoisotopic (exact) mass is 431 g/mol. The van der Waals surface area contributed by atoms with Crippen LogP contribution in [0.1, 0.15) is 22.8 Å². The summed E-state index contributed by atoms with van der Waals surface area (Å²) >= 11 is 2.78. The third-order valence-corrected chi connectivity index (χ3v) is 9.63. The van der Waals surface area contributed by atoms with Gasteiger partial charge in [-0.15, -0.1) is 11.8 Å². The van der Waals surface area contributed by atoms with E-state index in [1.807, 2.05) is 12.1 Å². The second kappa shape index (κ2) is 5.89. The lowest BCUT2D eigenvalue weighted by Crippen LogP contribution is -2.49. The van der Waals surface area contributed by atoms with Crippen LogP contribution >= 0.6 is 23.1 Å². The van der Waals surface area contributed by atoms with Gasteiger partial charge in [0.1, 0.15) is 0 Å². The number of aromatic nitrogens is 1. The molecule has 2 fully saturated rings. The van der Waals surface area contributed by atoms with E-state index in [1.54, 1.807) is 17.8 Å². The summed E-state index contributed by atoms with van der Waals surface area (Å²) < 4.78 is 11.3. The molecule has 2 saturated carbocycles. The molecule has 1 aromatic heterocycles. The molecular formula is C20H17NO6S2. The van der Waals surface area contributed by atoms with Crippen LogP contribution in [0.3, 0.4) is 0 Å². The molecule has 29 heavy (non-hydrogen) atoms. The van der Waals surface area contributed by atoms with E-state index in [0.717, 1.165) is 15.5 Å². The number of rotatable bonds is 2. The summed E-state index contributed by atoms with van der Waals surface area (Å²) in [6, 6.07) is 5.52. The number of para-hydroxylation sites is 1. The molecule has 150 valence electrons. The number of aliphatic carboxylic acids is 1. The summed E-state index contributed by atoms with van der Waals surface area (Å²) in [5.41, 5.74) is 0.836. The van der Waals surface area contributed by atoms with Crippen LogP contribution in [0.15, 0.2) is 28.0 Å². The lowest BCUT2D eigenvalue weighted by molar-refractivity contribution is -0.156. The van der Waals surface area contributed by atoms with Crippen molar-refractivity contribution >= 4 is 35.0 Å². The van der Waals surface area contributed by atoms with Crippen LogP contribution in [-0.4, -0.2) is 34.4 Å². The number of hydrogen-bond acceptors (Lipinski definition) is 7. The molecule has 0 spiro atoms. The highest BCUT2D eigenvalue weighted by molar-refractivity contribution is 8.00. The molecule has 2 bridgehead atoms. The molecule has 0 unspecified atom stereocenters. The molecule has 2 aromatic rings. The van der Waals surface area contributed by atoms with Gasteiger partial charge in [0.05, 0.1) is 24.0 Å². The second-order valence-corrected chi connectivity index (χ2v) is 10.3. The van der Waals surface area contributed by atoms with E-state index in [1.165, 1.54) is 18.4 Å². The minimum absolute atomic E-state index is 0.0463. The highest BCUT2D eigenvalue weighted by atomic mass is 32.2. The van der Waals surface area contributed by atoms with E-state index >= 15 is 0 Å². The van der Waals surface area contributed by atoms with E-state index < -0.39 is 23.8 Å². The molecule has 3 heterocycles. The number of carboxylic acid groups (broad SMARTS) is 1. The Morgan fingerprint density at radius 3 is 2.90 bits per heavy atom. The molecule has 0 radical (unpaired) electrons. The number of fused-ring (bicyclic) bond motifs is 6. The fourth-order valence-corrected chi connectivity index (χ4v) is 9.04. The van der Waals surface area contributed by atoms with Gasteiger partial charge in [0.15, 0.2) is 11.5 Å². The Morgan fingerprint density at radius 2 is 2.14 bits per heavy atom. The maximum atomic E-state index is 13.1. The van der Waals surface area contributed by atoms with Crippen molar-refractivity contribution in [3.8, 4) is 11.5 Å². The summed E-state index contributed by atoms with van der Waals surface area (Å²) in [7, 11) is 1.51. The average molecular weight is 431 g/mol. The highest BCUT2D eigenvalue weighted by Gasteiger charge is 2.67. The third kappa shape index (κ3) is 2.17. The van der Waals surface area contributed by atoms with E-state index in [9.17, 15) is 19.5 Å². The Morgan fingerprint density at radius 1 is 1.31 bits per heavy atom. The van der Waals surface area contributed by atoms with Crippen molar-refractivity contribution in [1.82, 2.24) is 4.98 Å². The number of benzene rings is 1. The van der Waals surface area contributed by atoms with Gasteiger partial charge in [0.25, 0.3) is 0 Å². The normalized spacial score (nSPS) is 35.9. The Kier molecular flexibility index (Phi) is 3.57. The number of carbonyl (C=O) groups is 2. The average Bonchev–Trinajstić information content (AvgIpc) is 3.35. The SMILES string of the molecule is COc1cccc2c1OC(=O)[C@@H]1[C@H]3C[C@@H]([C@@H]4Sc5[nH]c(=O)sc5[C@@H]2[C@H]34)[C@H]1C(=O)O. The van der Waals surface area contributed by atoms with Gasteiger partial charge >= 0.3 is 16.8 Å². The minimum atomic E-state index is -0.944. The summed E-state index contributed by atoms with van der Waals surface area (Å²) in [4.78, 5) is 41.2. The number of aromatic amines is 1. The Bertz CT molecular complexity index is 1120. The van der Waals surface area contributed by atoms with Gasteiger partial charge in [-0.25, -0.2) is 0 Å². The molecule has 0 saturated heterocycles. The van der Waals surface area contributed by atoms with E-state index in [4.69, 9.17) is 9.47 Å². The maximum Gasteiger partial charge on any atom is 0.315 e. The fraction of sp³-hybridized carbons (Fsp3) is 0.450. The second-order valence-electron chi connectivity index (χ2n) is 8.10. The van der Waals surface area contributed by atoms with E-state index in [-0.39, 0.29) is 33.8 Å². The van der Waals surface area contributed by atoms with Crippen LogP contribution in [-0.2, 0) is 9.59 Å². The summed E-state index contributed by atoms with van der Waals surface area (Å²) in [6.45, 7) is 0. The topological polar surface area (TPSA) is 106 Å². The zero-order valence-electron chi connectivity index (χ0n) is 15.3. The van der Waals surface area contributed by atoms with Crippen molar-refractivity contribution in [1.29, 1.82) is 0 Å². The summed E-state index contributed by atoms with van der Waals surface area (Å²) in [5, 5.41) is 10.8. The van der Waals surface area contributed by atoms with Gasteiger partial charge in [-0.2, -0.15) is 0 Å². The number of carbonyl (C=O) groups excluding carboxylic acids is 1. The lowest BCUT2D eigenvalue weighted by Gasteiger charge is -2.45. The van der Waals surface area contributed by atoms with Crippen LogP contribution in [0.5, 0.6) is 11.5 Å². The zero-order chi connectivity index (χ0) is 20.0. The van der Waals surface area contributed by atoms with Gasteiger partial charge in [-0.3, -0.25) is 14.4 Å². The number of nitrogens with one attached hydrogen (secondary N) is 1. The molecule has 1 aromatic carbocycles. The number of esters is 1. The van der Waals surface area contributed by atoms with Crippen LogP contribution in [0.4, 0.5) is 0 Å². The summed E-state index contributed by atoms with van der Waals surface area (Å²) in [6.07, 6.45) is 0.702. The van der Waals surface area contributed by atoms with Crippen LogP contribution in [0.2, 0.25) is 0 Å². The fourth-order valence-electron chi connectivity index (χ4n) is 6.16. The highest BCUT2D eigenvalue weighted by Crippen LogP contribution is 2.68. The van der Waals surface area contributed by atoms with Gasteiger partial charge in [0, 0.05) is 21.6 Å². The minimum Gasteiger partial charge on any atom is -0.493 e. The molecule has 7 atom stereocenters.